The van der Waals surface area contributed by atoms with Gasteiger partial charge in [0.25, 0.3) is 5.91 Å². The van der Waals surface area contributed by atoms with Crippen molar-refractivity contribution in [1.29, 1.82) is 0 Å². The summed E-state index contributed by atoms with van der Waals surface area (Å²) in [6.07, 6.45) is 0.853. The van der Waals surface area contributed by atoms with Crippen LogP contribution in [-0.2, 0) is 6.42 Å². The van der Waals surface area contributed by atoms with Crippen molar-refractivity contribution in [3.63, 3.8) is 0 Å². The standard InChI is InChI=1S/C23H26N4O/c1-16-22(17(2)26-25-16)20-10-6-7-11-21(20)23(28)27-13-12-24-15-19(27)14-18-8-4-3-5-9-18/h3-11,19,24H,12-15H2,1-2H3,(H,25,26)/t19-/m1/s1. The van der Waals surface area contributed by atoms with Crippen LogP contribution in [0, 0.1) is 13.8 Å². The molecule has 4 rings (SSSR count). The van der Waals surface area contributed by atoms with Crippen molar-refractivity contribution >= 4 is 5.91 Å². The lowest BCUT2D eigenvalue weighted by molar-refractivity contribution is 0.0637. The van der Waals surface area contributed by atoms with Crippen LogP contribution in [0.3, 0.4) is 0 Å². The smallest absolute Gasteiger partial charge is 0.254 e. The monoisotopic (exact) mass is 374 g/mol. The normalized spacial score (nSPS) is 16.9. The fourth-order valence-corrected chi connectivity index (χ4v) is 4.09. The van der Waals surface area contributed by atoms with Crippen LogP contribution in [0.2, 0.25) is 0 Å². The number of rotatable bonds is 4. The van der Waals surface area contributed by atoms with Crippen molar-refractivity contribution in [3.8, 4) is 11.1 Å². The van der Waals surface area contributed by atoms with Gasteiger partial charge in [-0.15, -0.1) is 0 Å². The second-order valence-corrected chi connectivity index (χ2v) is 7.40. The van der Waals surface area contributed by atoms with Gasteiger partial charge in [0.15, 0.2) is 0 Å². The van der Waals surface area contributed by atoms with Gasteiger partial charge in [-0.05, 0) is 37.5 Å². The van der Waals surface area contributed by atoms with Crippen molar-refractivity contribution < 1.29 is 4.79 Å². The number of hydrogen-bond donors (Lipinski definition) is 2. The van der Waals surface area contributed by atoms with E-state index in [1.165, 1.54) is 5.56 Å². The second-order valence-electron chi connectivity index (χ2n) is 7.40. The third-order valence-corrected chi connectivity index (χ3v) is 5.48. The number of aromatic amines is 1. The largest absolute Gasteiger partial charge is 0.333 e. The zero-order valence-corrected chi connectivity index (χ0v) is 16.4. The van der Waals surface area contributed by atoms with Gasteiger partial charge < -0.3 is 10.2 Å². The molecule has 2 aromatic carbocycles. The van der Waals surface area contributed by atoms with E-state index in [1.54, 1.807) is 0 Å². The van der Waals surface area contributed by atoms with Crippen LogP contribution in [0.4, 0.5) is 0 Å². The predicted octanol–water partition coefficient (Wildman–Crippen LogP) is 3.35. The molecule has 1 saturated heterocycles. The molecule has 5 heteroatoms. The third-order valence-electron chi connectivity index (χ3n) is 5.48. The van der Waals surface area contributed by atoms with Crippen molar-refractivity contribution in [3.05, 3.63) is 77.1 Å². The maximum atomic E-state index is 13.6. The van der Waals surface area contributed by atoms with E-state index in [1.807, 2.05) is 49.1 Å². The maximum absolute atomic E-state index is 13.6. The summed E-state index contributed by atoms with van der Waals surface area (Å²) < 4.78 is 0. The number of hydrogen-bond acceptors (Lipinski definition) is 3. The van der Waals surface area contributed by atoms with Gasteiger partial charge in [0.2, 0.25) is 0 Å². The fourth-order valence-electron chi connectivity index (χ4n) is 4.09. The number of aromatic nitrogens is 2. The van der Waals surface area contributed by atoms with Crippen molar-refractivity contribution in [2.75, 3.05) is 19.6 Å². The lowest BCUT2D eigenvalue weighted by Gasteiger charge is -2.37. The fraction of sp³-hybridized carbons (Fsp3) is 0.304. The first-order valence-corrected chi connectivity index (χ1v) is 9.81. The van der Waals surface area contributed by atoms with Crippen LogP contribution in [-0.4, -0.2) is 46.7 Å². The van der Waals surface area contributed by atoms with E-state index in [9.17, 15) is 4.79 Å². The van der Waals surface area contributed by atoms with E-state index in [4.69, 9.17) is 0 Å². The lowest BCUT2D eigenvalue weighted by Crippen LogP contribution is -2.54. The van der Waals surface area contributed by atoms with Crippen molar-refractivity contribution in [1.82, 2.24) is 20.4 Å². The molecule has 144 valence electrons. The van der Waals surface area contributed by atoms with Crippen LogP contribution >= 0.6 is 0 Å². The molecule has 0 spiro atoms. The number of aryl methyl sites for hydroxylation is 2. The first-order valence-electron chi connectivity index (χ1n) is 9.81. The molecule has 3 aromatic rings. The van der Waals surface area contributed by atoms with Gasteiger partial charge in [-0.25, -0.2) is 0 Å². The van der Waals surface area contributed by atoms with E-state index < -0.39 is 0 Å². The van der Waals surface area contributed by atoms with E-state index in [2.05, 4.69) is 39.8 Å². The van der Waals surface area contributed by atoms with Gasteiger partial charge in [-0.2, -0.15) is 5.10 Å². The van der Waals surface area contributed by atoms with Crippen LogP contribution < -0.4 is 5.32 Å². The van der Waals surface area contributed by atoms with Crippen LogP contribution in [0.25, 0.3) is 11.1 Å². The number of nitrogens with one attached hydrogen (secondary N) is 2. The van der Waals surface area contributed by atoms with Gasteiger partial charge in [0, 0.05) is 42.5 Å². The lowest BCUT2D eigenvalue weighted by atomic mass is 9.95. The molecular formula is C23H26N4O. The van der Waals surface area contributed by atoms with Crippen molar-refractivity contribution in [2.24, 2.45) is 0 Å². The number of piperazine rings is 1. The highest BCUT2D eigenvalue weighted by Crippen LogP contribution is 2.30. The minimum Gasteiger partial charge on any atom is -0.333 e. The number of amides is 1. The Balaban J connectivity index is 1.67. The molecule has 2 heterocycles. The highest BCUT2D eigenvalue weighted by Gasteiger charge is 2.29. The topological polar surface area (TPSA) is 61.0 Å². The molecule has 2 N–H and O–H groups in total. The van der Waals surface area contributed by atoms with Gasteiger partial charge in [0.05, 0.1) is 5.69 Å². The summed E-state index contributed by atoms with van der Waals surface area (Å²) in [7, 11) is 0. The van der Waals surface area contributed by atoms with Gasteiger partial charge in [-0.3, -0.25) is 9.89 Å². The minimum atomic E-state index is 0.0954. The maximum Gasteiger partial charge on any atom is 0.254 e. The Bertz CT molecular complexity index is 944. The molecule has 1 aromatic heterocycles. The highest BCUT2D eigenvalue weighted by atomic mass is 16.2. The molecular weight excluding hydrogens is 348 g/mol. The Kier molecular flexibility index (Phi) is 5.26. The molecule has 1 aliphatic heterocycles. The Morgan fingerprint density at radius 3 is 2.61 bits per heavy atom. The molecule has 0 radical (unpaired) electrons. The second kappa shape index (κ2) is 7.98. The van der Waals surface area contributed by atoms with Crippen molar-refractivity contribution in [2.45, 2.75) is 26.3 Å². The minimum absolute atomic E-state index is 0.0954. The molecule has 1 aliphatic rings. The highest BCUT2D eigenvalue weighted by molar-refractivity contribution is 6.01. The molecule has 0 saturated carbocycles. The average Bonchev–Trinajstić information content (AvgIpc) is 3.07. The molecule has 28 heavy (non-hydrogen) atoms. The van der Waals surface area contributed by atoms with Crippen LogP contribution in [0.1, 0.15) is 27.3 Å². The number of nitrogens with zero attached hydrogens (tertiary/aromatic N) is 2. The van der Waals surface area contributed by atoms with E-state index >= 15 is 0 Å². The summed E-state index contributed by atoms with van der Waals surface area (Å²) >= 11 is 0. The Morgan fingerprint density at radius 1 is 1.11 bits per heavy atom. The number of carbonyl (C=O) groups is 1. The first kappa shape index (κ1) is 18.4. The molecule has 1 amide bonds. The first-order chi connectivity index (χ1) is 13.6. The van der Waals surface area contributed by atoms with Crippen LogP contribution in [0.15, 0.2) is 54.6 Å². The molecule has 1 fully saturated rings. The SMILES string of the molecule is Cc1n[nH]c(C)c1-c1ccccc1C(=O)N1CCNC[C@H]1Cc1ccccc1. The summed E-state index contributed by atoms with van der Waals surface area (Å²) in [5.41, 5.74) is 5.88. The third kappa shape index (κ3) is 3.58. The molecule has 0 aliphatic carbocycles. The summed E-state index contributed by atoms with van der Waals surface area (Å²) in [6.45, 7) is 6.33. The molecule has 1 atom stereocenters. The Morgan fingerprint density at radius 2 is 1.86 bits per heavy atom. The van der Waals surface area contributed by atoms with Gasteiger partial charge >= 0.3 is 0 Å². The molecule has 0 bridgehead atoms. The number of benzene rings is 2. The number of carbonyl (C=O) groups excluding carboxylic acids is 1. The van der Waals surface area contributed by atoms with E-state index in [0.29, 0.717) is 6.54 Å². The zero-order chi connectivity index (χ0) is 19.5. The summed E-state index contributed by atoms with van der Waals surface area (Å²) in [5, 5.41) is 10.8. The summed E-state index contributed by atoms with van der Waals surface area (Å²) in [6, 6.07) is 18.4. The van der Waals surface area contributed by atoms with E-state index in [-0.39, 0.29) is 11.9 Å². The van der Waals surface area contributed by atoms with E-state index in [0.717, 1.165) is 47.6 Å². The zero-order valence-electron chi connectivity index (χ0n) is 16.4. The molecule has 5 nitrogen and oxygen atoms in total. The van der Waals surface area contributed by atoms with Gasteiger partial charge in [0.1, 0.15) is 0 Å². The summed E-state index contributed by atoms with van der Waals surface area (Å²) in [5.74, 6) is 0.0954. The molecule has 0 unspecified atom stereocenters. The Labute approximate surface area is 165 Å². The summed E-state index contributed by atoms with van der Waals surface area (Å²) in [4.78, 5) is 15.6. The number of H-pyrrole nitrogens is 1. The average molecular weight is 374 g/mol. The quantitative estimate of drug-likeness (QED) is 0.736. The Hall–Kier alpha value is -2.92. The van der Waals surface area contributed by atoms with Crippen LogP contribution in [0.5, 0.6) is 0 Å². The predicted molar refractivity (Wildman–Crippen MR) is 111 cm³/mol. The van der Waals surface area contributed by atoms with Gasteiger partial charge in [-0.1, -0.05) is 48.5 Å².